The second-order valence-electron chi connectivity index (χ2n) is 3.42. The predicted molar refractivity (Wildman–Crippen MR) is 55.3 cm³/mol. The summed E-state index contributed by atoms with van der Waals surface area (Å²) in [6, 6.07) is 4.09. The molecule has 0 saturated carbocycles. The SMILES string of the molecule is CCOc1ccc(CNCC(F)(F)F)cc1F. The van der Waals surface area contributed by atoms with E-state index in [9.17, 15) is 17.6 Å². The van der Waals surface area contributed by atoms with E-state index in [1.54, 1.807) is 6.92 Å². The van der Waals surface area contributed by atoms with E-state index in [2.05, 4.69) is 5.32 Å². The van der Waals surface area contributed by atoms with Crippen molar-refractivity contribution in [3.05, 3.63) is 29.6 Å². The maximum absolute atomic E-state index is 13.3. The van der Waals surface area contributed by atoms with Gasteiger partial charge in [-0.1, -0.05) is 6.07 Å². The Morgan fingerprint density at radius 3 is 2.53 bits per heavy atom. The fourth-order valence-corrected chi connectivity index (χ4v) is 1.28. The lowest BCUT2D eigenvalue weighted by Crippen LogP contribution is -2.28. The summed E-state index contributed by atoms with van der Waals surface area (Å²) in [4.78, 5) is 0. The highest BCUT2D eigenvalue weighted by molar-refractivity contribution is 5.29. The van der Waals surface area contributed by atoms with Crippen molar-refractivity contribution in [1.82, 2.24) is 5.32 Å². The molecule has 0 aliphatic heterocycles. The van der Waals surface area contributed by atoms with Gasteiger partial charge in [0, 0.05) is 6.54 Å². The predicted octanol–water partition coefficient (Wildman–Crippen LogP) is 2.88. The van der Waals surface area contributed by atoms with Crippen LogP contribution in [0.3, 0.4) is 0 Å². The van der Waals surface area contributed by atoms with Crippen molar-refractivity contribution in [1.29, 1.82) is 0 Å². The molecule has 0 heterocycles. The average molecular weight is 251 g/mol. The molecule has 0 aliphatic rings. The van der Waals surface area contributed by atoms with Crippen LogP contribution in [0, 0.1) is 5.82 Å². The summed E-state index contributed by atoms with van der Waals surface area (Å²) < 4.78 is 53.8. The van der Waals surface area contributed by atoms with Crippen LogP contribution in [0.4, 0.5) is 17.6 Å². The number of halogens is 4. The zero-order valence-electron chi connectivity index (χ0n) is 9.27. The van der Waals surface area contributed by atoms with Gasteiger partial charge in [-0.2, -0.15) is 13.2 Å². The smallest absolute Gasteiger partial charge is 0.401 e. The highest BCUT2D eigenvalue weighted by atomic mass is 19.4. The summed E-state index contributed by atoms with van der Waals surface area (Å²) in [5.41, 5.74) is 0.440. The molecular formula is C11H13F4NO. The summed E-state index contributed by atoms with van der Waals surface area (Å²) in [7, 11) is 0. The molecule has 0 fully saturated rings. The highest BCUT2D eigenvalue weighted by Crippen LogP contribution is 2.18. The van der Waals surface area contributed by atoms with E-state index < -0.39 is 18.5 Å². The van der Waals surface area contributed by atoms with Crippen molar-refractivity contribution in [2.75, 3.05) is 13.2 Å². The molecule has 0 unspecified atom stereocenters. The van der Waals surface area contributed by atoms with Gasteiger partial charge in [0.1, 0.15) is 0 Å². The molecular weight excluding hydrogens is 238 g/mol. The van der Waals surface area contributed by atoms with Crippen LogP contribution in [-0.4, -0.2) is 19.3 Å². The average Bonchev–Trinajstić information content (AvgIpc) is 2.20. The quantitative estimate of drug-likeness (QED) is 0.812. The maximum Gasteiger partial charge on any atom is 0.401 e. The first-order chi connectivity index (χ1) is 7.92. The minimum absolute atomic E-state index is 0.0389. The Kier molecular flexibility index (Phi) is 4.74. The molecule has 1 rings (SSSR count). The van der Waals surface area contributed by atoms with E-state index in [1.807, 2.05) is 0 Å². The number of benzene rings is 1. The van der Waals surface area contributed by atoms with Gasteiger partial charge in [0.05, 0.1) is 13.2 Å². The molecule has 1 aromatic rings. The Hall–Kier alpha value is -1.30. The van der Waals surface area contributed by atoms with Crippen LogP contribution in [0.25, 0.3) is 0 Å². The standard InChI is InChI=1S/C11H13F4NO/c1-2-17-10-4-3-8(5-9(10)12)6-16-7-11(13,14)15/h3-5,16H,2,6-7H2,1H3. The molecule has 0 bridgehead atoms. The van der Waals surface area contributed by atoms with E-state index in [0.717, 1.165) is 6.07 Å². The number of alkyl halides is 3. The van der Waals surface area contributed by atoms with Gasteiger partial charge in [-0.05, 0) is 24.6 Å². The lowest BCUT2D eigenvalue weighted by atomic mass is 10.2. The van der Waals surface area contributed by atoms with Crippen LogP contribution in [0.5, 0.6) is 5.75 Å². The Morgan fingerprint density at radius 1 is 1.29 bits per heavy atom. The highest BCUT2D eigenvalue weighted by Gasteiger charge is 2.26. The molecule has 1 aromatic carbocycles. The molecule has 0 amide bonds. The van der Waals surface area contributed by atoms with Crippen molar-refractivity contribution in [3.8, 4) is 5.75 Å². The minimum atomic E-state index is -4.26. The molecule has 96 valence electrons. The fraction of sp³-hybridized carbons (Fsp3) is 0.455. The van der Waals surface area contributed by atoms with Gasteiger partial charge >= 0.3 is 6.18 Å². The molecule has 6 heteroatoms. The monoisotopic (exact) mass is 251 g/mol. The van der Waals surface area contributed by atoms with Gasteiger partial charge in [-0.3, -0.25) is 0 Å². The summed E-state index contributed by atoms with van der Waals surface area (Å²) in [6.45, 7) is 0.922. The Balaban J connectivity index is 2.53. The van der Waals surface area contributed by atoms with Crippen molar-refractivity contribution in [3.63, 3.8) is 0 Å². The van der Waals surface area contributed by atoms with E-state index in [1.165, 1.54) is 12.1 Å². The molecule has 0 aromatic heterocycles. The van der Waals surface area contributed by atoms with Crippen LogP contribution < -0.4 is 10.1 Å². The first kappa shape index (κ1) is 13.8. The fourth-order valence-electron chi connectivity index (χ4n) is 1.28. The van der Waals surface area contributed by atoms with Gasteiger partial charge in [0.25, 0.3) is 0 Å². The van der Waals surface area contributed by atoms with E-state index in [-0.39, 0.29) is 12.3 Å². The van der Waals surface area contributed by atoms with Crippen molar-refractivity contribution >= 4 is 0 Å². The summed E-state index contributed by atoms with van der Waals surface area (Å²) in [6.07, 6.45) is -4.26. The molecule has 0 atom stereocenters. The Bertz CT molecular complexity index is 365. The van der Waals surface area contributed by atoms with Crippen LogP contribution in [0.1, 0.15) is 12.5 Å². The summed E-state index contributed by atoms with van der Waals surface area (Å²) >= 11 is 0. The molecule has 0 aliphatic carbocycles. The van der Waals surface area contributed by atoms with Crippen LogP contribution >= 0.6 is 0 Å². The molecule has 0 saturated heterocycles. The van der Waals surface area contributed by atoms with Gasteiger partial charge < -0.3 is 10.1 Å². The zero-order chi connectivity index (χ0) is 12.9. The van der Waals surface area contributed by atoms with E-state index in [0.29, 0.717) is 12.2 Å². The van der Waals surface area contributed by atoms with Gasteiger partial charge in [-0.15, -0.1) is 0 Å². The van der Waals surface area contributed by atoms with Crippen molar-refractivity contribution in [2.45, 2.75) is 19.6 Å². The summed E-state index contributed by atoms with van der Waals surface area (Å²) in [5, 5.41) is 2.19. The number of hydrogen-bond acceptors (Lipinski definition) is 2. The number of ether oxygens (including phenoxy) is 1. The third-order valence-corrected chi connectivity index (χ3v) is 1.95. The minimum Gasteiger partial charge on any atom is -0.491 e. The Labute approximate surface area is 96.6 Å². The molecule has 1 N–H and O–H groups in total. The largest absolute Gasteiger partial charge is 0.491 e. The normalized spacial score (nSPS) is 11.6. The summed E-state index contributed by atoms with van der Waals surface area (Å²) in [5.74, 6) is -0.467. The number of rotatable bonds is 5. The van der Waals surface area contributed by atoms with Gasteiger partial charge in [0.15, 0.2) is 11.6 Å². The second-order valence-corrected chi connectivity index (χ2v) is 3.42. The maximum atomic E-state index is 13.3. The van der Waals surface area contributed by atoms with Crippen LogP contribution in [0.15, 0.2) is 18.2 Å². The molecule has 0 spiro atoms. The van der Waals surface area contributed by atoms with E-state index in [4.69, 9.17) is 4.74 Å². The third-order valence-electron chi connectivity index (χ3n) is 1.95. The first-order valence-electron chi connectivity index (χ1n) is 5.11. The lowest BCUT2D eigenvalue weighted by Gasteiger charge is -2.09. The molecule has 0 radical (unpaired) electrons. The Morgan fingerprint density at radius 2 is 2.00 bits per heavy atom. The van der Waals surface area contributed by atoms with Crippen LogP contribution in [-0.2, 0) is 6.54 Å². The zero-order valence-corrected chi connectivity index (χ0v) is 9.27. The van der Waals surface area contributed by atoms with Crippen molar-refractivity contribution < 1.29 is 22.3 Å². The first-order valence-corrected chi connectivity index (χ1v) is 5.11. The van der Waals surface area contributed by atoms with Gasteiger partial charge in [0.2, 0.25) is 0 Å². The topological polar surface area (TPSA) is 21.3 Å². The third kappa shape index (κ3) is 5.04. The lowest BCUT2D eigenvalue weighted by molar-refractivity contribution is -0.125. The molecule has 2 nitrogen and oxygen atoms in total. The van der Waals surface area contributed by atoms with E-state index >= 15 is 0 Å². The van der Waals surface area contributed by atoms with Crippen molar-refractivity contribution in [2.24, 2.45) is 0 Å². The van der Waals surface area contributed by atoms with Crippen LogP contribution in [0.2, 0.25) is 0 Å². The van der Waals surface area contributed by atoms with Gasteiger partial charge in [-0.25, -0.2) is 4.39 Å². The number of hydrogen-bond donors (Lipinski definition) is 1. The molecule has 17 heavy (non-hydrogen) atoms. The second kappa shape index (κ2) is 5.86. The number of nitrogens with one attached hydrogen (secondary N) is 1.